The lowest BCUT2D eigenvalue weighted by molar-refractivity contribution is -0.137. The van der Waals surface area contributed by atoms with Crippen molar-refractivity contribution in [3.63, 3.8) is 0 Å². The predicted molar refractivity (Wildman–Crippen MR) is 152 cm³/mol. The Morgan fingerprint density at radius 2 is 1.46 bits per heavy atom. The van der Waals surface area contributed by atoms with E-state index in [9.17, 15) is 34.1 Å². The van der Waals surface area contributed by atoms with Crippen LogP contribution in [-0.2, 0) is 22.4 Å². The topological polar surface area (TPSA) is 135 Å². The van der Waals surface area contributed by atoms with Gasteiger partial charge in [0.1, 0.15) is 11.4 Å². The van der Waals surface area contributed by atoms with E-state index >= 15 is 0 Å². The third-order valence-corrected chi connectivity index (χ3v) is 7.11. The number of nitrogens with zero attached hydrogens (tertiary/aromatic N) is 1. The van der Waals surface area contributed by atoms with Crippen LogP contribution in [0.3, 0.4) is 0 Å². The number of rotatable bonds is 12. The Labute approximate surface area is 238 Å². The van der Waals surface area contributed by atoms with Gasteiger partial charge in [-0.05, 0) is 72.4 Å². The number of carbonyl (C=O) groups excluding carboxylic acids is 2. The minimum atomic E-state index is -1.48. The first-order valence-electron chi connectivity index (χ1n) is 13.5. The Morgan fingerprint density at radius 3 is 1.98 bits per heavy atom. The van der Waals surface area contributed by atoms with Gasteiger partial charge in [0.2, 0.25) is 5.91 Å². The minimum Gasteiger partial charge on any atom is -0.481 e. The number of amides is 1. The van der Waals surface area contributed by atoms with Crippen LogP contribution in [-0.4, -0.2) is 56.9 Å². The first-order valence-corrected chi connectivity index (χ1v) is 13.5. The summed E-state index contributed by atoms with van der Waals surface area (Å²) < 4.78 is 12.3. The largest absolute Gasteiger partial charge is 0.481 e. The fourth-order valence-electron chi connectivity index (χ4n) is 4.41. The number of carbonyl (C=O) groups is 3. The van der Waals surface area contributed by atoms with Crippen LogP contribution in [0.1, 0.15) is 65.7 Å². The molecule has 1 aliphatic rings. The summed E-state index contributed by atoms with van der Waals surface area (Å²) >= 11 is 0. The highest BCUT2D eigenvalue weighted by molar-refractivity contribution is 6.01. The average molecular weight is 566 g/mol. The van der Waals surface area contributed by atoms with Crippen LogP contribution in [0.5, 0.6) is 0 Å². The summed E-state index contributed by atoms with van der Waals surface area (Å²) in [6.07, 6.45) is 2.19. The molecular formula is C32H36FNO7. The maximum absolute atomic E-state index is 12.3. The van der Waals surface area contributed by atoms with Gasteiger partial charge in [0.25, 0.3) is 0 Å². The summed E-state index contributed by atoms with van der Waals surface area (Å²) in [5.41, 5.74) is 2.78. The smallest absolute Gasteiger partial charge is 0.303 e. The lowest BCUT2D eigenvalue weighted by atomic mass is 9.91. The molecule has 3 aromatic carbocycles. The molecule has 1 aliphatic heterocycles. The number of aryl methyl sites for hydroxylation is 2. The molecule has 4 rings (SSSR count). The number of carboxylic acid groups (broad SMARTS) is 1. The second-order valence-corrected chi connectivity index (χ2v) is 10.1. The second kappa shape index (κ2) is 14.6. The molecule has 0 aliphatic carbocycles. The molecule has 0 saturated carbocycles. The molecule has 4 N–H and O–H groups in total. The molecule has 1 saturated heterocycles. The van der Waals surface area contributed by atoms with E-state index in [1.807, 2.05) is 48.5 Å². The van der Waals surface area contributed by atoms with Crippen LogP contribution in [0, 0.1) is 5.82 Å². The molecule has 0 aromatic heterocycles. The number of aliphatic hydroxyl groups is 3. The molecule has 8 nitrogen and oxygen atoms in total. The molecule has 1 unspecified atom stereocenters. The monoisotopic (exact) mass is 565 g/mol. The number of ketones is 1. The molecule has 1 heterocycles. The molecular weight excluding hydrogens is 529 g/mol. The molecule has 218 valence electrons. The zero-order valence-corrected chi connectivity index (χ0v) is 23.0. The number of hydrogen-bond donors (Lipinski definition) is 4. The van der Waals surface area contributed by atoms with Gasteiger partial charge in [0.15, 0.2) is 5.78 Å². The van der Waals surface area contributed by atoms with Gasteiger partial charge >= 0.3 is 5.97 Å². The summed E-state index contributed by atoms with van der Waals surface area (Å²) in [6.45, 7) is 0.803. The van der Waals surface area contributed by atoms with Crippen molar-refractivity contribution in [2.45, 2.75) is 57.1 Å². The Hall–Kier alpha value is -3.92. The van der Waals surface area contributed by atoms with E-state index in [1.165, 1.54) is 24.3 Å². The lowest BCUT2D eigenvalue weighted by Gasteiger charge is -2.41. The summed E-state index contributed by atoms with van der Waals surface area (Å²) in [4.78, 5) is 35.7. The minimum absolute atomic E-state index is 0.0401. The normalized spacial score (nSPS) is 14.6. The first kappa shape index (κ1) is 31.6. The van der Waals surface area contributed by atoms with E-state index < -0.39 is 24.8 Å². The van der Waals surface area contributed by atoms with Crippen LogP contribution < -0.4 is 4.90 Å². The quantitative estimate of drug-likeness (QED) is 0.190. The van der Waals surface area contributed by atoms with E-state index in [2.05, 4.69) is 0 Å². The summed E-state index contributed by atoms with van der Waals surface area (Å²) in [6, 6.07) is 20.7. The third-order valence-electron chi connectivity index (χ3n) is 7.11. The van der Waals surface area contributed by atoms with Crippen molar-refractivity contribution >= 4 is 23.3 Å². The zero-order valence-electron chi connectivity index (χ0n) is 23.0. The second-order valence-electron chi connectivity index (χ2n) is 10.1. The lowest BCUT2D eigenvalue weighted by Crippen LogP contribution is -2.46. The van der Waals surface area contributed by atoms with Gasteiger partial charge in [-0.25, -0.2) is 4.39 Å². The average Bonchev–Trinajstić information content (AvgIpc) is 2.99. The highest BCUT2D eigenvalue weighted by Crippen LogP contribution is 2.39. The van der Waals surface area contributed by atoms with Gasteiger partial charge in [0.05, 0.1) is 25.7 Å². The maximum Gasteiger partial charge on any atom is 0.303 e. The maximum atomic E-state index is 12.3. The molecule has 0 radical (unpaired) electrons. The number of carboxylic acids is 1. The molecule has 0 spiro atoms. The summed E-state index contributed by atoms with van der Waals surface area (Å²) in [7, 11) is 0. The van der Waals surface area contributed by atoms with Crippen molar-refractivity contribution in [1.29, 1.82) is 0 Å². The van der Waals surface area contributed by atoms with Crippen molar-refractivity contribution < 1.29 is 39.2 Å². The van der Waals surface area contributed by atoms with Gasteiger partial charge < -0.3 is 25.3 Å². The van der Waals surface area contributed by atoms with Crippen molar-refractivity contribution in [3.05, 3.63) is 101 Å². The first-order chi connectivity index (χ1) is 19.6. The molecule has 3 aromatic rings. The molecule has 0 bridgehead atoms. The Bertz CT molecular complexity index is 1300. The van der Waals surface area contributed by atoms with E-state index in [0.717, 1.165) is 22.4 Å². The summed E-state index contributed by atoms with van der Waals surface area (Å²) in [5, 5.41) is 37.1. The van der Waals surface area contributed by atoms with Crippen molar-refractivity contribution in [2.24, 2.45) is 0 Å². The molecule has 9 heteroatoms. The number of β-lactam (4-membered cyclic amide) rings is 1. The SMILES string of the molecule is CCC(=O)c1ccc(F)cc1.O=C(O)CCc1ccc(N2C(=O)CC2c2ccc(CCC(O)(CO)CO)cc2)cc1. The molecule has 1 atom stereocenters. The number of Topliss-reactive ketones (excluding diaryl/α,β-unsaturated/α-hetero) is 1. The summed E-state index contributed by atoms with van der Waals surface area (Å²) in [5.74, 6) is -1.06. The number of aliphatic hydroxyl groups excluding tert-OH is 2. The van der Waals surface area contributed by atoms with Crippen LogP contribution in [0.15, 0.2) is 72.8 Å². The molecule has 1 fully saturated rings. The number of benzene rings is 3. The van der Waals surface area contributed by atoms with E-state index in [0.29, 0.717) is 31.2 Å². The number of anilines is 1. The van der Waals surface area contributed by atoms with Gasteiger partial charge in [-0.3, -0.25) is 14.4 Å². The van der Waals surface area contributed by atoms with E-state index in [4.69, 9.17) is 5.11 Å². The Morgan fingerprint density at radius 1 is 0.902 bits per heavy atom. The van der Waals surface area contributed by atoms with Gasteiger partial charge in [-0.2, -0.15) is 0 Å². The molecule has 41 heavy (non-hydrogen) atoms. The number of halogens is 1. The standard InChI is InChI=1S/C23H27NO6.C9H9FO/c25-14-23(30,15-26)12-11-17-1-6-18(7-2-17)20-13-21(27)24(20)19-8-3-16(4-9-19)5-10-22(28)29;1-2-9(11)7-3-5-8(10)6-4-7/h1-4,6-9,20,25-26,30H,5,10-15H2,(H,28,29);3-6H,2H2,1H3. The number of aliphatic carboxylic acids is 1. The van der Waals surface area contributed by atoms with Gasteiger partial charge in [-0.1, -0.05) is 43.3 Å². The van der Waals surface area contributed by atoms with Gasteiger partial charge in [-0.15, -0.1) is 0 Å². The van der Waals surface area contributed by atoms with Crippen LogP contribution in [0.25, 0.3) is 0 Å². The number of hydrogen-bond acceptors (Lipinski definition) is 6. The van der Waals surface area contributed by atoms with E-state index in [-0.39, 0.29) is 36.4 Å². The zero-order chi connectivity index (χ0) is 30.0. The Kier molecular flexibility index (Phi) is 11.3. The fraction of sp³-hybridized carbons (Fsp3) is 0.344. The fourth-order valence-corrected chi connectivity index (χ4v) is 4.41. The van der Waals surface area contributed by atoms with Crippen LogP contribution in [0.4, 0.5) is 10.1 Å². The highest BCUT2D eigenvalue weighted by Gasteiger charge is 2.38. The van der Waals surface area contributed by atoms with Crippen molar-refractivity contribution in [3.8, 4) is 0 Å². The van der Waals surface area contributed by atoms with Crippen LogP contribution in [0.2, 0.25) is 0 Å². The van der Waals surface area contributed by atoms with Crippen LogP contribution >= 0.6 is 0 Å². The van der Waals surface area contributed by atoms with E-state index in [1.54, 1.807) is 11.8 Å². The highest BCUT2D eigenvalue weighted by atomic mass is 19.1. The van der Waals surface area contributed by atoms with Gasteiger partial charge in [0, 0.05) is 24.1 Å². The third kappa shape index (κ3) is 8.78. The Balaban J connectivity index is 0.000000352. The predicted octanol–water partition coefficient (Wildman–Crippen LogP) is 4.25. The van der Waals surface area contributed by atoms with Crippen molar-refractivity contribution in [1.82, 2.24) is 0 Å². The van der Waals surface area contributed by atoms with Crippen molar-refractivity contribution in [2.75, 3.05) is 18.1 Å². The molecule has 1 amide bonds.